The van der Waals surface area contributed by atoms with Gasteiger partial charge in [-0.05, 0) is 65.2 Å². The highest BCUT2D eigenvalue weighted by Crippen LogP contribution is 2.37. The van der Waals surface area contributed by atoms with Gasteiger partial charge < -0.3 is 5.32 Å². The van der Waals surface area contributed by atoms with Gasteiger partial charge in [-0.1, -0.05) is 48.5 Å². The van der Waals surface area contributed by atoms with E-state index in [1.54, 1.807) is 12.1 Å². The molecule has 4 heteroatoms. The number of hydrogen-bond donors (Lipinski definition) is 2. The lowest BCUT2D eigenvalue weighted by Gasteiger charge is -2.11. The van der Waals surface area contributed by atoms with Crippen molar-refractivity contribution in [1.29, 1.82) is 0 Å². The Morgan fingerprint density at radius 2 is 1.56 bits per heavy atom. The van der Waals surface area contributed by atoms with Gasteiger partial charge in [-0.25, -0.2) is 0 Å². The van der Waals surface area contributed by atoms with Gasteiger partial charge in [-0.2, -0.15) is 0 Å². The highest BCUT2D eigenvalue weighted by Gasteiger charge is 2.18. The largest absolute Gasteiger partial charge is 0.332 e. The molecule has 2 N–H and O–H groups in total. The van der Waals surface area contributed by atoms with Crippen molar-refractivity contribution in [3.05, 3.63) is 89.5 Å². The van der Waals surface area contributed by atoms with Gasteiger partial charge in [0.05, 0.1) is 0 Å². The highest BCUT2D eigenvalue weighted by atomic mass is 32.1. The lowest BCUT2D eigenvalue weighted by atomic mass is 10.1. The van der Waals surface area contributed by atoms with Gasteiger partial charge >= 0.3 is 0 Å². The van der Waals surface area contributed by atoms with E-state index >= 15 is 0 Å². The minimum absolute atomic E-state index is 0.216. The molecule has 0 aliphatic heterocycles. The molecule has 4 rings (SSSR count). The number of rotatable bonds is 2. The average Bonchev–Trinajstić information content (AvgIpc) is 3.00. The third-order valence-corrected chi connectivity index (χ3v) is 4.52. The van der Waals surface area contributed by atoms with Crippen LogP contribution in [0.25, 0.3) is 11.1 Å². The van der Waals surface area contributed by atoms with Crippen LogP contribution < -0.4 is 10.6 Å². The van der Waals surface area contributed by atoms with Crippen LogP contribution >= 0.6 is 12.2 Å². The van der Waals surface area contributed by atoms with E-state index in [-0.39, 0.29) is 5.91 Å². The summed E-state index contributed by atoms with van der Waals surface area (Å²) in [5.74, 6) is -0.216. The molecular formula is C21H16N2OS. The smallest absolute Gasteiger partial charge is 0.257 e. The van der Waals surface area contributed by atoms with E-state index in [1.165, 1.54) is 22.3 Å². The van der Waals surface area contributed by atoms with Gasteiger partial charge in [-0.3, -0.25) is 10.1 Å². The average molecular weight is 344 g/mol. The van der Waals surface area contributed by atoms with E-state index in [1.807, 2.05) is 24.3 Å². The summed E-state index contributed by atoms with van der Waals surface area (Å²) in [4.78, 5) is 12.1. The molecule has 3 aromatic rings. The Morgan fingerprint density at radius 1 is 0.840 bits per heavy atom. The predicted octanol–water partition coefficient (Wildman–Crippen LogP) is 4.38. The number of hydrogen-bond acceptors (Lipinski definition) is 2. The molecule has 25 heavy (non-hydrogen) atoms. The number of amides is 1. The number of benzene rings is 3. The molecule has 0 atom stereocenters. The first-order valence-corrected chi connectivity index (χ1v) is 8.50. The molecule has 1 amide bonds. The molecule has 0 radical (unpaired) electrons. The van der Waals surface area contributed by atoms with Gasteiger partial charge in [0.25, 0.3) is 5.91 Å². The van der Waals surface area contributed by atoms with E-state index in [9.17, 15) is 4.79 Å². The second-order valence-corrected chi connectivity index (χ2v) is 6.39. The molecule has 3 aromatic carbocycles. The zero-order valence-electron chi connectivity index (χ0n) is 13.5. The van der Waals surface area contributed by atoms with Crippen LogP contribution in [0.15, 0.2) is 72.8 Å². The van der Waals surface area contributed by atoms with Gasteiger partial charge in [-0.15, -0.1) is 0 Å². The van der Waals surface area contributed by atoms with E-state index in [4.69, 9.17) is 12.2 Å². The van der Waals surface area contributed by atoms with Crippen LogP contribution in [0, 0.1) is 0 Å². The summed E-state index contributed by atoms with van der Waals surface area (Å²) < 4.78 is 0. The first kappa shape index (κ1) is 15.5. The second-order valence-electron chi connectivity index (χ2n) is 5.98. The molecule has 0 unspecified atom stereocenters. The Labute approximate surface area is 151 Å². The van der Waals surface area contributed by atoms with Crippen molar-refractivity contribution >= 4 is 28.9 Å². The number of fused-ring (bicyclic) bond motifs is 3. The molecular weight excluding hydrogens is 328 g/mol. The van der Waals surface area contributed by atoms with Crippen molar-refractivity contribution in [2.75, 3.05) is 5.32 Å². The molecule has 0 spiro atoms. The van der Waals surface area contributed by atoms with Crippen molar-refractivity contribution in [2.24, 2.45) is 0 Å². The molecule has 0 aromatic heterocycles. The number of carbonyl (C=O) groups is 1. The summed E-state index contributed by atoms with van der Waals surface area (Å²) in [5, 5.41) is 6.11. The molecule has 0 saturated carbocycles. The molecule has 1 aliphatic carbocycles. The summed E-state index contributed by atoms with van der Waals surface area (Å²) in [6, 6.07) is 23.7. The first-order valence-electron chi connectivity index (χ1n) is 8.09. The van der Waals surface area contributed by atoms with E-state index in [0.717, 1.165) is 12.1 Å². The van der Waals surface area contributed by atoms with Gasteiger partial charge in [0.2, 0.25) is 0 Å². The maximum absolute atomic E-state index is 12.1. The molecule has 122 valence electrons. The second kappa shape index (κ2) is 6.49. The quantitative estimate of drug-likeness (QED) is 0.530. The lowest BCUT2D eigenvalue weighted by Crippen LogP contribution is -2.34. The first-order chi connectivity index (χ1) is 12.2. The Balaban J connectivity index is 1.46. The van der Waals surface area contributed by atoms with E-state index in [2.05, 4.69) is 47.0 Å². The number of anilines is 1. The maximum Gasteiger partial charge on any atom is 0.257 e. The van der Waals surface area contributed by atoms with Crippen molar-refractivity contribution in [2.45, 2.75) is 6.42 Å². The van der Waals surface area contributed by atoms with Crippen molar-refractivity contribution < 1.29 is 4.79 Å². The van der Waals surface area contributed by atoms with Crippen molar-refractivity contribution in [3.63, 3.8) is 0 Å². The topological polar surface area (TPSA) is 41.1 Å². The Bertz CT molecular complexity index is 967. The van der Waals surface area contributed by atoms with Gasteiger partial charge in [0, 0.05) is 11.3 Å². The molecule has 1 aliphatic rings. The fourth-order valence-corrected chi connectivity index (χ4v) is 3.36. The minimum Gasteiger partial charge on any atom is -0.332 e. The Hall–Kier alpha value is -2.98. The molecule has 3 nitrogen and oxygen atoms in total. The van der Waals surface area contributed by atoms with E-state index in [0.29, 0.717) is 10.7 Å². The zero-order chi connectivity index (χ0) is 17.2. The van der Waals surface area contributed by atoms with Crippen LogP contribution in [0.2, 0.25) is 0 Å². The molecule has 0 saturated heterocycles. The minimum atomic E-state index is -0.216. The highest BCUT2D eigenvalue weighted by molar-refractivity contribution is 7.80. The summed E-state index contributed by atoms with van der Waals surface area (Å²) in [5.41, 5.74) is 6.63. The lowest BCUT2D eigenvalue weighted by molar-refractivity contribution is 0.0977. The Morgan fingerprint density at radius 3 is 2.40 bits per heavy atom. The normalized spacial score (nSPS) is 11.4. The van der Waals surface area contributed by atoms with Crippen molar-refractivity contribution in [3.8, 4) is 11.1 Å². The summed E-state index contributed by atoms with van der Waals surface area (Å²) in [7, 11) is 0. The van der Waals surface area contributed by atoms with Gasteiger partial charge in [0.15, 0.2) is 5.11 Å². The molecule has 0 bridgehead atoms. The number of carbonyl (C=O) groups excluding carboxylic acids is 1. The predicted molar refractivity (Wildman–Crippen MR) is 105 cm³/mol. The summed E-state index contributed by atoms with van der Waals surface area (Å²) >= 11 is 5.27. The van der Waals surface area contributed by atoms with Crippen LogP contribution in [0.3, 0.4) is 0 Å². The fraction of sp³-hybridized carbons (Fsp3) is 0.0476. The fourth-order valence-electron chi connectivity index (χ4n) is 3.15. The molecule has 0 heterocycles. The summed E-state index contributed by atoms with van der Waals surface area (Å²) in [6.45, 7) is 0. The van der Waals surface area contributed by atoms with Gasteiger partial charge in [0.1, 0.15) is 0 Å². The standard InChI is InChI=1S/C21H16N2OS/c24-20(14-6-2-1-3-7-14)23-21(25)22-17-10-11-19-16(13-17)12-15-8-4-5-9-18(15)19/h1-11,13H,12H2,(H2,22,23,24,25). The monoisotopic (exact) mass is 344 g/mol. The third-order valence-electron chi connectivity index (χ3n) is 4.31. The number of thiocarbonyl (C=S) groups is 1. The van der Waals surface area contributed by atoms with Crippen LogP contribution in [-0.4, -0.2) is 11.0 Å². The summed E-state index contributed by atoms with van der Waals surface area (Å²) in [6.07, 6.45) is 0.921. The van der Waals surface area contributed by atoms with Crippen LogP contribution in [0.5, 0.6) is 0 Å². The van der Waals surface area contributed by atoms with Crippen molar-refractivity contribution in [1.82, 2.24) is 5.32 Å². The van der Waals surface area contributed by atoms with Crippen LogP contribution in [0.1, 0.15) is 21.5 Å². The maximum atomic E-state index is 12.1. The van der Waals surface area contributed by atoms with Crippen LogP contribution in [0.4, 0.5) is 5.69 Å². The van der Waals surface area contributed by atoms with Crippen LogP contribution in [-0.2, 0) is 6.42 Å². The number of nitrogens with one attached hydrogen (secondary N) is 2. The molecule has 0 fully saturated rings. The SMILES string of the molecule is O=C(NC(=S)Nc1ccc2c(c1)Cc1ccccc1-2)c1ccccc1. The van der Waals surface area contributed by atoms with E-state index < -0.39 is 0 Å². The Kier molecular flexibility index (Phi) is 4.04. The zero-order valence-corrected chi connectivity index (χ0v) is 14.3. The third kappa shape index (κ3) is 3.16.